The second kappa shape index (κ2) is 4.55. The predicted molar refractivity (Wildman–Crippen MR) is 63.8 cm³/mol. The Hall–Kier alpha value is -1.19. The van der Waals surface area contributed by atoms with E-state index in [2.05, 4.69) is 29.0 Å². The minimum atomic E-state index is 0.925. The van der Waals surface area contributed by atoms with Crippen LogP contribution in [-0.2, 0) is 0 Å². The fourth-order valence-electron chi connectivity index (χ4n) is 1.39. The van der Waals surface area contributed by atoms with Crippen LogP contribution in [0.15, 0.2) is 45.7 Å². The summed E-state index contributed by atoms with van der Waals surface area (Å²) in [6, 6.07) is 12.3. The van der Waals surface area contributed by atoms with Crippen molar-refractivity contribution in [3.63, 3.8) is 0 Å². The van der Waals surface area contributed by atoms with E-state index < -0.39 is 0 Å². The molecule has 2 nitrogen and oxygen atoms in total. The maximum Gasteiger partial charge on any atom is 0.134 e. The van der Waals surface area contributed by atoms with Gasteiger partial charge in [-0.2, -0.15) is 0 Å². The number of hydrogen-bond acceptors (Lipinski definition) is 3. The molecule has 0 aliphatic carbocycles. The molecular formula is C12H13NOS. The van der Waals surface area contributed by atoms with Gasteiger partial charge < -0.3 is 4.42 Å². The van der Waals surface area contributed by atoms with Crippen LogP contribution in [0.2, 0.25) is 0 Å². The van der Waals surface area contributed by atoms with Crippen LogP contribution in [-0.4, -0.2) is 7.05 Å². The van der Waals surface area contributed by atoms with Crippen LogP contribution < -0.4 is 4.72 Å². The van der Waals surface area contributed by atoms with Crippen LogP contribution in [0.1, 0.15) is 5.76 Å². The lowest BCUT2D eigenvalue weighted by atomic mass is 10.2. The van der Waals surface area contributed by atoms with Gasteiger partial charge in [-0.1, -0.05) is 12.1 Å². The lowest BCUT2D eigenvalue weighted by molar-refractivity contribution is 0.548. The third-order valence-corrected chi connectivity index (χ3v) is 2.81. The van der Waals surface area contributed by atoms with Crippen molar-refractivity contribution < 1.29 is 4.42 Å². The zero-order valence-corrected chi connectivity index (χ0v) is 9.60. The molecule has 15 heavy (non-hydrogen) atoms. The van der Waals surface area contributed by atoms with Gasteiger partial charge >= 0.3 is 0 Å². The summed E-state index contributed by atoms with van der Waals surface area (Å²) in [7, 11) is 1.91. The Kier molecular flexibility index (Phi) is 3.14. The van der Waals surface area contributed by atoms with Crippen LogP contribution >= 0.6 is 11.9 Å². The monoisotopic (exact) mass is 219 g/mol. The number of benzene rings is 1. The van der Waals surface area contributed by atoms with E-state index in [1.54, 1.807) is 11.9 Å². The first kappa shape index (κ1) is 10.3. The van der Waals surface area contributed by atoms with Gasteiger partial charge in [0.2, 0.25) is 0 Å². The lowest BCUT2D eigenvalue weighted by Gasteiger charge is -2.00. The average Bonchev–Trinajstić information content (AvgIpc) is 2.67. The molecule has 0 atom stereocenters. The number of hydrogen-bond donors (Lipinski definition) is 1. The van der Waals surface area contributed by atoms with E-state index in [9.17, 15) is 0 Å². The second-order valence-electron chi connectivity index (χ2n) is 3.24. The highest BCUT2D eigenvalue weighted by Crippen LogP contribution is 2.24. The Bertz CT molecular complexity index is 433. The molecule has 0 saturated heterocycles. The standard InChI is InChI=1S/C12H13NOS/c1-9-3-8-12(14-9)10-4-6-11(7-5-10)15-13-2/h3-8,13H,1-2H3. The molecule has 0 saturated carbocycles. The molecule has 0 spiro atoms. The van der Waals surface area contributed by atoms with Crippen molar-refractivity contribution in [2.45, 2.75) is 11.8 Å². The summed E-state index contributed by atoms with van der Waals surface area (Å²) in [6.45, 7) is 1.95. The van der Waals surface area contributed by atoms with Crippen LogP contribution in [0, 0.1) is 6.92 Å². The Morgan fingerprint density at radius 3 is 2.33 bits per heavy atom. The van der Waals surface area contributed by atoms with Crippen molar-refractivity contribution in [2.75, 3.05) is 7.05 Å². The van der Waals surface area contributed by atoms with E-state index in [0.29, 0.717) is 0 Å². The van der Waals surface area contributed by atoms with Crippen LogP contribution in [0.25, 0.3) is 11.3 Å². The molecule has 0 unspecified atom stereocenters. The zero-order valence-electron chi connectivity index (χ0n) is 8.78. The van der Waals surface area contributed by atoms with E-state index in [1.807, 2.05) is 26.1 Å². The fraction of sp³-hybridized carbons (Fsp3) is 0.167. The molecule has 2 aromatic rings. The molecule has 1 aromatic carbocycles. The summed E-state index contributed by atoms with van der Waals surface area (Å²) in [4.78, 5) is 1.20. The van der Waals surface area contributed by atoms with Gasteiger partial charge in [-0.3, -0.25) is 4.72 Å². The molecule has 0 radical (unpaired) electrons. The number of furan rings is 1. The van der Waals surface area contributed by atoms with Crippen LogP contribution in [0.3, 0.4) is 0 Å². The van der Waals surface area contributed by atoms with Gasteiger partial charge in [-0.05, 0) is 50.2 Å². The largest absolute Gasteiger partial charge is 0.461 e. The highest BCUT2D eigenvalue weighted by Gasteiger charge is 2.01. The smallest absolute Gasteiger partial charge is 0.134 e. The second-order valence-corrected chi connectivity index (χ2v) is 4.32. The number of nitrogens with one attached hydrogen (secondary N) is 1. The Morgan fingerprint density at radius 2 is 1.80 bits per heavy atom. The minimum Gasteiger partial charge on any atom is -0.461 e. The molecule has 1 N–H and O–H groups in total. The topological polar surface area (TPSA) is 25.2 Å². The molecular weight excluding hydrogens is 206 g/mol. The van der Waals surface area contributed by atoms with Gasteiger partial charge in [0.15, 0.2) is 0 Å². The molecule has 2 rings (SSSR count). The van der Waals surface area contributed by atoms with E-state index >= 15 is 0 Å². The summed E-state index contributed by atoms with van der Waals surface area (Å²) in [5.41, 5.74) is 1.11. The summed E-state index contributed by atoms with van der Waals surface area (Å²) in [5.74, 6) is 1.87. The lowest BCUT2D eigenvalue weighted by Crippen LogP contribution is -1.89. The minimum absolute atomic E-state index is 0.925. The highest BCUT2D eigenvalue weighted by atomic mass is 32.2. The van der Waals surface area contributed by atoms with E-state index in [0.717, 1.165) is 17.1 Å². The quantitative estimate of drug-likeness (QED) is 0.800. The normalized spacial score (nSPS) is 10.5. The van der Waals surface area contributed by atoms with Gasteiger partial charge in [0, 0.05) is 10.5 Å². The van der Waals surface area contributed by atoms with Crippen molar-refractivity contribution >= 4 is 11.9 Å². The molecule has 0 amide bonds. The first-order valence-corrected chi connectivity index (χ1v) is 5.62. The van der Waals surface area contributed by atoms with Crippen molar-refractivity contribution in [3.05, 3.63) is 42.2 Å². The molecule has 1 aromatic heterocycles. The number of rotatable bonds is 3. The van der Waals surface area contributed by atoms with E-state index in [1.165, 1.54) is 4.90 Å². The Balaban J connectivity index is 2.23. The summed E-state index contributed by atoms with van der Waals surface area (Å²) in [6.07, 6.45) is 0. The third-order valence-electron chi connectivity index (χ3n) is 2.10. The van der Waals surface area contributed by atoms with Crippen molar-refractivity contribution in [1.29, 1.82) is 0 Å². The average molecular weight is 219 g/mol. The molecule has 0 aliphatic heterocycles. The molecule has 78 valence electrons. The van der Waals surface area contributed by atoms with Gasteiger partial charge in [-0.15, -0.1) is 0 Å². The fourth-order valence-corrected chi connectivity index (χ4v) is 1.90. The summed E-state index contributed by atoms with van der Waals surface area (Å²) >= 11 is 1.60. The van der Waals surface area contributed by atoms with Crippen molar-refractivity contribution in [3.8, 4) is 11.3 Å². The van der Waals surface area contributed by atoms with Gasteiger partial charge in [0.05, 0.1) is 0 Å². The van der Waals surface area contributed by atoms with Gasteiger partial charge in [0.1, 0.15) is 11.5 Å². The van der Waals surface area contributed by atoms with E-state index in [4.69, 9.17) is 4.42 Å². The summed E-state index contributed by atoms with van der Waals surface area (Å²) < 4.78 is 8.59. The molecule has 0 bridgehead atoms. The first-order chi connectivity index (χ1) is 7.29. The van der Waals surface area contributed by atoms with Crippen molar-refractivity contribution in [1.82, 2.24) is 4.72 Å². The van der Waals surface area contributed by atoms with E-state index in [-0.39, 0.29) is 0 Å². The molecule has 3 heteroatoms. The third kappa shape index (κ3) is 2.43. The summed E-state index contributed by atoms with van der Waals surface area (Å²) in [5, 5.41) is 0. The Labute approximate surface area is 93.8 Å². The van der Waals surface area contributed by atoms with Crippen LogP contribution in [0.4, 0.5) is 0 Å². The van der Waals surface area contributed by atoms with Crippen molar-refractivity contribution in [2.24, 2.45) is 0 Å². The number of aryl methyl sites for hydroxylation is 1. The SMILES string of the molecule is CNSc1ccc(-c2ccc(C)o2)cc1. The van der Waals surface area contributed by atoms with Crippen LogP contribution in [0.5, 0.6) is 0 Å². The van der Waals surface area contributed by atoms with Gasteiger partial charge in [0.25, 0.3) is 0 Å². The maximum atomic E-state index is 5.55. The maximum absolute atomic E-state index is 5.55. The highest BCUT2D eigenvalue weighted by molar-refractivity contribution is 7.97. The molecule has 1 heterocycles. The molecule has 0 fully saturated rings. The van der Waals surface area contributed by atoms with Gasteiger partial charge in [-0.25, -0.2) is 0 Å². The predicted octanol–water partition coefficient (Wildman–Crippen LogP) is 3.48. The Morgan fingerprint density at radius 1 is 1.07 bits per heavy atom. The zero-order chi connectivity index (χ0) is 10.7. The first-order valence-electron chi connectivity index (χ1n) is 4.80. The molecule has 0 aliphatic rings.